The van der Waals surface area contributed by atoms with Gasteiger partial charge in [0, 0.05) is 25.2 Å². The van der Waals surface area contributed by atoms with E-state index in [0.717, 1.165) is 12.7 Å². The van der Waals surface area contributed by atoms with Crippen LogP contribution in [0.25, 0.3) is 0 Å². The standard InChI is InChI=1S/C9H16N2O3S/c1-3-5-10-9(12)8-4-6-11(7-8)15(2,13)14/h4H,3,5-7H2,1-2H3,(H,10,12). The highest BCUT2D eigenvalue weighted by Gasteiger charge is 2.25. The van der Waals surface area contributed by atoms with Gasteiger partial charge in [0.05, 0.1) is 6.26 Å². The van der Waals surface area contributed by atoms with E-state index < -0.39 is 10.0 Å². The first-order chi connectivity index (χ1) is 6.95. The second-order valence-corrected chi connectivity index (χ2v) is 5.52. The molecule has 5 nitrogen and oxygen atoms in total. The zero-order chi connectivity index (χ0) is 11.5. The fourth-order valence-corrected chi connectivity index (χ4v) is 2.02. The van der Waals surface area contributed by atoms with Gasteiger partial charge in [0.15, 0.2) is 0 Å². The smallest absolute Gasteiger partial charge is 0.248 e. The second-order valence-electron chi connectivity index (χ2n) is 3.54. The van der Waals surface area contributed by atoms with Gasteiger partial charge in [0.25, 0.3) is 0 Å². The second kappa shape index (κ2) is 4.76. The van der Waals surface area contributed by atoms with E-state index in [0.29, 0.717) is 18.7 Å². The van der Waals surface area contributed by atoms with Crippen LogP contribution in [-0.2, 0) is 14.8 Å². The van der Waals surface area contributed by atoms with Crippen molar-refractivity contribution in [1.29, 1.82) is 0 Å². The molecule has 1 aliphatic rings. The number of nitrogens with zero attached hydrogens (tertiary/aromatic N) is 1. The summed E-state index contributed by atoms with van der Waals surface area (Å²) < 4.78 is 23.6. The number of rotatable bonds is 4. The van der Waals surface area contributed by atoms with Gasteiger partial charge in [-0.1, -0.05) is 13.0 Å². The fraction of sp³-hybridized carbons (Fsp3) is 0.667. The molecular formula is C9H16N2O3S. The van der Waals surface area contributed by atoms with Crippen LogP contribution in [0.5, 0.6) is 0 Å². The monoisotopic (exact) mass is 232 g/mol. The Bertz CT molecular complexity index is 373. The summed E-state index contributed by atoms with van der Waals surface area (Å²) in [5.41, 5.74) is 0.536. The molecule has 0 atom stereocenters. The number of sulfonamides is 1. The first kappa shape index (κ1) is 12.2. The average molecular weight is 232 g/mol. The fourth-order valence-electron chi connectivity index (χ4n) is 1.30. The summed E-state index contributed by atoms with van der Waals surface area (Å²) in [4.78, 5) is 11.5. The van der Waals surface area contributed by atoms with Crippen LogP contribution in [0.1, 0.15) is 13.3 Å². The highest BCUT2D eigenvalue weighted by Crippen LogP contribution is 2.12. The van der Waals surface area contributed by atoms with Crippen LogP contribution in [0.15, 0.2) is 11.6 Å². The van der Waals surface area contributed by atoms with Gasteiger partial charge in [-0.25, -0.2) is 8.42 Å². The molecule has 0 aliphatic carbocycles. The number of carbonyl (C=O) groups is 1. The highest BCUT2D eigenvalue weighted by atomic mass is 32.2. The Morgan fingerprint density at radius 3 is 2.73 bits per heavy atom. The summed E-state index contributed by atoms with van der Waals surface area (Å²) in [6.07, 6.45) is 3.68. The number of carbonyl (C=O) groups excluding carboxylic acids is 1. The predicted octanol–water partition coefficient (Wildman–Crippen LogP) is -0.286. The normalized spacial score (nSPS) is 17.6. The first-order valence-corrected chi connectivity index (χ1v) is 6.72. The topological polar surface area (TPSA) is 66.5 Å². The van der Waals surface area contributed by atoms with Crippen LogP contribution < -0.4 is 5.32 Å². The Balaban J connectivity index is 2.52. The molecule has 0 bridgehead atoms. The maximum absolute atomic E-state index is 11.5. The summed E-state index contributed by atoms with van der Waals surface area (Å²) in [5, 5.41) is 2.72. The molecule has 1 rings (SSSR count). The highest BCUT2D eigenvalue weighted by molar-refractivity contribution is 7.88. The maximum atomic E-state index is 11.5. The van der Waals surface area contributed by atoms with E-state index >= 15 is 0 Å². The molecule has 0 aromatic rings. The molecule has 0 spiro atoms. The van der Waals surface area contributed by atoms with Crippen LogP contribution in [0.4, 0.5) is 0 Å². The van der Waals surface area contributed by atoms with Gasteiger partial charge in [0.1, 0.15) is 0 Å². The van der Waals surface area contributed by atoms with Crippen molar-refractivity contribution in [1.82, 2.24) is 9.62 Å². The van der Waals surface area contributed by atoms with Crippen molar-refractivity contribution in [2.24, 2.45) is 0 Å². The van der Waals surface area contributed by atoms with Crippen molar-refractivity contribution >= 4 is 15.9 Å². The molecule has 1 heterocycles. The SMILES string of the molecule is CCCNC(=O)C1=CCN(S(C)(=O)=O)C1. The number of hydrogen-bond acceptors (Lipinski definition) is 3. The average Bonchev–Trinajstić information content (AvgIpc) is 2.62. The molecule has 6 heteroatoms. The summed E-state index contributed by atoms with van der Waals surface area (Å²) in [6.45, 7) is 3.07. The lowest BCUT2D eigenvalue weighted by atomic mass is 10.2. The van der Waals surface area contributed by atoms with Crippen molar-refractivity contribution in [2.45, 2.75) is 13.3 Å². The van der Waals surface area contributed by atoms with Gasteiger partial charge in [0.2, 0.25) is 15.9 Å². The molecule has 86 valence electrons. The van der Waals surface area contributed by atoms with Crippen LogP contribution in [0.3, 0.4) is 0 Å². The van der Waals surface area contributed by atoms with E-state index in [2.05, 4.69) is 5.32 Å². The predicted molar refractivity (Wildman–Crippen MR) is 57.8 cm³/mol. The Morgan fingerprint density at radius 2 is 2.27 bits per heavy atom. The van der Waals surface area contributed by atoms with E-state index in [1.807, 2.05) is 6.92 Å². The van der Waals surface area contributed by atoms with Gasteiger partial charge in [-0.05, 0) is 6.42 Å². The van der Waals surface area contributed by atoms with E-state index in [1.54, 1.807) is 6.08 Å². The van der Waals surface area contributed by atoms with Gasteiger partial charge < -0.3 is 5.32 Å². The molecule has 1 N–H and O–H groups in total. The van der Waals surface area contributed by atoms with Crippen molar-refractivity contribution in [3.63, 3.8) is 0 Å². The van der Waals surface area contributed by atoms with E-state index in [4.69, 9.17) is 0 Å². The van der Waals surface area contributed by atoms with E-state index in [9.17, 15) is 13.2 Å². The van der Waals surface area contributed by atoms with Crippen molar-refractivity contribution in [3.05, 3.63) is 11.6 Å². The summed E-state index contributed by atoms with van der Waals surface area (Å²) in [5.74, 6) is -0.164. The molecule has 1 amide bonds. The third kappa shape index (κ3) is 3.32. The minimum atomic E-state index is -3.19. The Morgan fingerprint density at radius 1 is 1.60 bits per heavy atom. The molecule has 0 saturated heterocycles. The lowest BCUT2D eigenvalue weighted by molar-refractivity contribution is -0.117. The van der Waals surface area contributed by atoms with Gasteiger partial charge in [-0.3, -0.25) is 4.79 Å². The Labute approximate surface area is 90.2 Å². The third-order valence-electron chi connectivity index (χ3n) is 2.18. The van der Waals surface area contributed by atoms with E-state index in [1.165, 1.54) is 4.31 Å². The van der Waals surface area contributed by atoms with Crippen LogP contribution in [-0.4, -0.2) is 44.5 Å². The zero-order valence-corrected chi connectivity index (χ0v) is 9.80. The van der Waals surface area contributed by atoms with Gasteiger partial charge in [-0.15, -0.1) is 0 Å². The van der Waals surface area contributed by atoms with Crippen LogP contribution >= 0.6 is 0 Å². The van der Waals surface area contributed by atoms with Crippen molar-refractivity contribution < 1.29 is 13.2 Å². The van der Waals surface area contributed by atoms with Crippen LogP contribution in [0.2, 0.25) is 0 Å². The molecule has 0 fully saturated rings. The summed E-state index contributed by atoms with van der Waals surface area (Å²) in [7, 11) is -3.19. The van der Waals surface area contributed by atoms with E-state index in [-0.39, 0.29) is 12.5 Å². The number of nitrogens with one attached hydrogen (secondary N) is 1. The lowest BCUT2D eigenvalue weighted by Crippen LogP contribution is -2.31. The molecule has 15 heavy (non-hydrogen) atoms. The lowest BCUT2D eigenvalue weighted by Gasteiger charge is -2.12. The molecular weight excluding hydrogens is 216 g/mol. The largest absolute Gasteiger partial charge is 0.352 e. The third-order valence-corrected chi connectivity index (χ3v) is 3.40. The molecule has 0 radical (unpaired) electrons. The maximum Gasteiger partial charge on any atom is 0.248 e. The number of hydrogen-bond donors (Lipinski definition) is 1. The molecule has 1 aliphatic heterocycles. The van der Waals surface area contributed by atoms with Gasteiger partial charge >= 0.3 is 0 Å². The molecule has 0 saturated carbocycles. The minimum Gasteiger partial charge on any atom is -0.352 e. The molecule has 0 aromatic heterocycles. The van der Waals surface area contributed by atoms with Gasteiger partial charge in [-0.2, -0.15) is 4.31 Å². The first-order valence-electron chi connectivity index (χ1n) is 4.87. The quantitative estimate of drug-likeness (QED) is 0.724. The summed E-state index contributed by atoms with van der Waals surface area (Å²) in [6, 6.07) is 0. The summed E-state index contributed by atoms with van der Waals surface area (Å²) >= 11 is 0. The molecule has 0 aromatic carbocycles. The molecule has 0 unspecified atom stereocenters. The Kier molecular flexibility index (Phi) is 3.87. The number of amides is 1. The Hall–Kier alpha value is -0.880. The van der Waals surface area contributed by atoms with Crippen LogP contribution in [0, 0.1) is 0 Å². The minimum absolute atomic E-state index is 0.164. The van der Waals surface area contributed by atoms with Crippen molar-refractivity contribution in [2.75, 3.05) is 25.9 Å². The zero-order valence-electron chi connectivity index (χ0n) is 8.99. The van der Waals surface area contributed by atoms with Crippen molar-refractivity contribution in [3.8, 4) is 0 Å².